The summed E-state index contributed by atoms with van der Waals surface area (Å²) in [6.45, 7) is 3.29. The van der Waals surface area contributed by atoms with E-state index in [-0.39, 0.29) is 6.42 Å². The molecule has 0 aromatic heterocycles. The molecule has 3 atom stereocenters. The molecule has 0 aliphatic carbocycles. The minimum atomic E-state index is -4.79. The van der Waals surface area contributed by atoms with Gasteiger partial charge in [0.2, 0.25) is 0 Å². The molecule has 0 bridgehead atoms. The van der Waals surface area contributed by atoms with Crippen molar-refractivity contribution < 1.29 is 33.5 Å². The SMILES string of the molecule is C/C=C/C=C\C=C/CCC(OP(=O)(O)O)C(C)(O)/C=C/C1CC=CC(=O)O1. The minimum Gasteiger partial charge on any atom is -0.455 e. The number of aliphatic hydroxyl groups is 1. The second-order valence-electron chi connectivity index (χ2n) is 6.20. The Balaban J connectivity index is 2.76. The van der Waals surface area contributed by atoms with E-state index >= 15 is 0 Å². The highest BCUT2D eigenvalue weighted by molar-refractivity contribution is 7.46. The van der Waals surface area contributed by atoms with Crippen LogP contribution >= 0.6 is 7.82 Å². The van der Waals surface area contributed by atoms with Crippen molar-refractivity contribution in [2.75, 3.05) is 0 Å². The van der Waals surface area contributed by atoms with Crippen LogP contribution in [0.25, 0.3) is 0 Å². The molecule has 0 radical (unpaired) electrons. The Labute approximate surface area is 159 Å². The van der Waals surface area contributed by atoms with Crippen LogP contribution in [0, 0.1) is 0 Å². The molecule has 1 heterocycles. The van der Waals surface area contributed by atoms with Gasteiger partial charge in [0.1, 0.15) is 17.8 Å². The molecule has 0 fully saturated rings. The number of carbonyl (C=O) groups is 1. The number of rotatable bonds is 10. The number of phosphoric acid groups is 1. The predicted octanol–water partition coefficient (Wildman–Crippen LogP) is 3.11. The number of hydrogen-bond donors (Lipinski definition) is 3. The standard InChI is InChI=1S/C19H27O7P/c1-3-4-5-6-7-8-9-12-17(26-27(22,23)24)19(2,21)15-14-16-11-10-13-18(20)25-16/h3-8,10,13-17,21H,9,11-12H2,1-2H3,(H2,22,23,24)/b4-3+,6-5-,8-7-,15-14+. The molecule has 0 aromatic rings. The summed E-state index contributed by atoms with van der Waals surface area (Å²) in [5.74, 6) is -0.477. The van der Waals surface area contributed by atoms with Gasteiger partial charge >= 0.3 is 13.8 Å². The molecule has 8 heteroatoms. The van der Waals surface area contributed by atoms with Gasteiger partial charge in [-0.25, -0.2) is 9.36 Å². The number of esters is 1. The first-order valence-corrected chi connectivity index (χ1v) is 10.1. The molecule has 0 aromatic carbocycles. The Kier molecular flexibility index (Phi) is 9.63. The number of ether oxygens (including phenoxy) is 1. The predicted molar refractivity (Wildman–Crippen MR) is 103 cm³/mol. The lowest BCUT2D eigenvalue weighted by Crippen LogP contribution is -2.39. The van der Waals surface area contributed by atoms with Gasteiger partial charge in [0, 0.05) is 12.5 Å². The monoisotopic (exact) mass is 398 g/mol. The van der Waals surface area contributed by atoms with E-state index in [1.807, 2.05) is 37.3 Å². The van der Waals surface area contributed by atoms with Crippen molar-refractivity contribution in [3.63, 3.8) is 0 Å². The molecule has 1 aliphatic rings. The normalized spacial score (nSPS) is 22.1. The summed E-state index contributed by atoms with van der Waals surface area (Å²) in [4.78, 5) is 29.5. The zero-order valence-electron chi connectivity index (χ0n) is 15.5. The Morgan fingerprint density at radius 2 is 2.07 bits per heavy atom. The van der Waals surface area contributed by atoms with Crippen LogP contribution in [-0.4, -0.2) is 38.7 Å². The molecule has 1 aliphatic heterocycles. The second kappa shape index (κ2) is 11.2. The molecule has 0 saturated carbocycles. The highest BCUT2D eigenvalue weighted by atomic mass is 31.2. The molecule has 7 nitrogen and oxygen atoms in total. The van der Waals surface area contributed by atoms with E-state index in [4.69, 9.17) is 19.0 Å². The second-order valence-corrected chi connectivity index (χ2v) is 7.39. The Morgan fingerprint density at radius 3 is 2.70 bits per heavy atom. The first kappa shape index (κ1) is 23.3. The van der Waals surface area contributed by atoms with Crippen LogP contribution in [0.1, 0.15) is 33.1 Å². The largest absolute Gasteiger partial charge is 0.469 e. The van der Waals surface area contributed by atoms with Crippen molar-refractivity contribution >= 4 is 13.8 Å². The molecule has 1 rings (SSSR count). The molecule has 150 valence electrons. The van der Waals surface area contributed by atoms with Gasteiger partial charge in [-0.15, -0.1) is 0 Å². The number of allylic oxidation sites excluding steroid dienone is 6. The summed E-state index contributed by atoms with van der Waals surface area (Å²) < 4.78 is 21.1. The van der Waals surface area contributed by atoms with E-state index in [9.17, 15) is 14.5 Å². The van der Waals surface area contributed by atoms with Gasteiger partial charge < -0.3 is 19.6 Å². The third kappa shape index (κ3) is 10.2. The van der Waals surface area contributed by atoms with Gasteiger partial charge in [0.15, 0.2) is 0 Å². The van der Waals surface area contributed by atoms with Gasteiger partial charge in [-0.05, 0) is 32.8 Å². The zero-order valence-corrected chi connectivity index (χ0v) is 16.4. The lowest BCUT2D eigenvalue weighted by Gasteiger charge is -2.30. The third-order valence-corrected chi connectivity index (χ3v) is 4.24. The highest BCUT2D eigenvalue weighted by Gasteiger charge is 2.35. The van der Waals surface area contributed by atoms with Crippen molar-refractivity contribution in [3.8, 4) is 0 Å². The molecule has 27 heavy (non-hydrogen) atoms. The van der Waals surface area contributed by atoms with Gasteiger partial charge in [-0.1, -0.05) is 48.6 Å². The molecular formula is C19H27O7P. The van der Waals surface area contributed by atoms with Crippen LogP contribution in [0.2, 0.25) is 0 Å². The molecule has 0 amide bonds. The number of carbonyl (C=O) groups excluding carboxylic acids is 1. The van der Waals surface area contributed by atoms with E-state index in [1.165, 1.54) is 25.2 Å². The summed E-state index contributed by atoms with van der Waals surface area (Å²) >= 11 is 0. The van der Waals surface area contributed by atoms with Crippen LogP contribution in [0.3, 0.4) is 0 Å². The molecule has 3 N–H and O–H groups in total. The van der Waals surface area contributed by atoms with E-state index < -0.39 is 31.6 Å². The Bertz CT molecular complexity index is 668. The number of phosphoric ester groups is 1. The smallest absolute Gasteiger partial charge is 0.455 e. The molecule has 3 unspecified atom stereocenters. The third-order valence-electron chi connectivity index (χ3n) is 3.71. The fourth-order valence-electron chi connectivity index (χ4n) is 2.34. The quantitative estimate of drug-likeness (QED) is 0.224. The number of cyclic esters (lactones) is 1. The first-order chi connectivity index (χ1) is 12.6. The van der Waals surface area contributed by atoms with Crippen LogP contribution in [0.4, 0.5) is 0 Å². The Morgan fingerprint density at radius 1 is 1.37 bits per heavy atom. The lowest BCUT2D eigenvalue weighted by molar-refractivity contribution is -0.141. The van der Waals surface area contributed by atoms with Crippen LogP contribution < -0.4 is 0 Å². The summed E-state index contributed by atoms with van der Waals surface area (Å²) in [6.07, 6.45) is 16.2. The maximum absolute atomic E-state index is 11.3. The fourth-order valence-corrected chi connectivity index (χ4v) is 2.99. The molecule has 0 saturated heterocycles. The van der Waals surface area contributed by atoms with Gasteiger partial charge in [-0.2, -0.15) is 0 Å². The molecule has 0 spiro atoms. The van der Waals surface area contributed by atoms with Crippen molar-refractivity contribution in [1.82, 2.24) is 0 Å². The van der Waals surface area contributed by atoms with Crippen molar-refractivity contribution in [1.29, 1.82) is 0 Å². The summed E-state index contributed by atoms with van der Waals surface area (Å²) in [5, 5.41) is 10.6. The van der Waals surface area contributed by atoms with Gasteiger partial charge in [0.25, 0.3) is 0 Å². The maximum Gasteiger partial charge on any atom is 0.469 e. The van der Waals surface area contributed by atoms with Crippen LogP contribution in [0.15, 0.2) is 60.8 Å². The van der Waals surface area contributed by atoms with Crippen molar-refractivity contribution in [2.24, 2.45) is 0 Å². The van der Waals surface area contributed by atoms with Crippen molar-refractivity contribution in [2.45, 2.75) is 50.9 Å². The average Bonchev–Trinajstić information content (AvgIpc) is 2.57. The zero-order chi connectivity index (χ0) is 20.3. The van der Waals surface area contributed by atoms with Gasteiger partial charge in [-0.3, -0.25) is 4.52 Å². The van der Waals surface area contributed by atoms with E-state index in [0.717, 1.165) is 0 Å². The highest BCUT2D eigenvalue weighted by Crippen LogP contribution is 2.41. The van der Waals surface area contributed by atoms with E-state index in [2.05, 4.69) is 0 Å². The summed E-state index contributed by atoms with van der Waals surface area (Å²) in [5.41, 5.74) is -1.66. The van der Waals surface area contributed by atoms with Crippen molar-refractivity contribution in [3.05, 3.63) is 60.8 Å². The van der Waals surface area contributed by atoms with E-state index in [1.54, 1.807) is 12.2 Å². The summed E-state index contributed by atoms with van der Waals surface area (Å²) in [7, 11) is -4.79. The summed E-state index contributed by atoms with van der Waals surface area (Å²) in [6, 6.07) is 0. The number of hydrogen-bond acceptors (Lipinski definition) is 5. The first-order valence-electron chi connectivity index (χ1n) is 8.61. The minimum absolute atomic E-state index is 0.181. The lowest BCUT2D eigenvalue weighted by atomic mass is 9.94. The fraction of sp³-hybridized carbons (Fsp3) is 0.421. The topological polar surface area (TPSA) is 113 Å². The van der Waals surface area contributed by atoms with Gasteiger partial charge in [0.05, 0.1) is 0 Å². The van der Waals surface area contributed by atoms with Crippen LogP contribution in [0.5, 0.6) is 0 Å². The van der Waals surface area contributed by atoms with E-state index in [0.29, 0.717) is 12.8 Å². The average molecular weight is 398 g/mol. The molecular weight excluding hydrogens is 371 g/mol. The van der Waals surface area contributed by atoms with Crippen LogP contribution in [-0.2, 0) is 18.6 Å². The Hall–Kier alpha value is -1.76. The maximum atomic E-state index is 11.3.